The van der Waals surface area contributed by atoms with Crippen molar-refractivity contribution in [2.24, 2.45) is 0 Å². The Kier molecular flexibility index (Phi) is 3.71. The molecule has 0 spiro atoms. The van der Waals surface area contributed by atoms with E-state index in [1.807, 2.05) is 11.9 Å². The highest BCUT2D eigenvalue weighted by atomic mass is 19.1. The van der Waals surface area contributed by atoms with Crippen LogP contribution in [0.2, 0.25) is 0 Å². The van der Waals surface area contributed by atoms with Crippen molar-refractivity contribution in [3.05, 3.63) is 23.6 Å². The first-order valence-electron chi connectivity index (χ1n) is 6.26. The monoisotopic (exact) mass is 267 g/mol. The summed E-state index contributed by atoms with van der Waals surface area (Å²) in [7, 11) is 2.03. The van der Waals surface area contributed by atoms with E-state index in [0.29, 0.717) is 13.1 Å². The summed E-state index contributed by atoms with van der Waals surface area (Å²) in [4.78, 5) is 19.0. The first-order valence-corrected chi connectivity index (χ1v) is 6.26. The van der Waals surface area contributed by atoms with Crippen LogP contribution in [0.15, 0.2) is 12.3 Å². The number of carboxylic acid groups (broad SMARTS) is 1. The number of hydrogen-bond acceptors (Lipinski definition) is 4. The van der Waals surface area contributed by atoms with Crippen molar-refractivity contribution < 1.29 is 14.3 Å². The molecule has 104 valence electrons. The molecule has 5 nitrogen and oxygen atoms in total. The maximum atomic E-state index is 14.2. The van der Waals surface area contributed by atoms with Gasteiger partial charge >= 0.3 is 5.97 Å². The van der Waals surface area contributed by atoms with Crippen LogP contribution in [-0.4, -0.2) is 53.2 Å². The van der Waals surface area contributed by atoms with E-state index in [9.17, 15) is 9.18 Å². The van der Waals surface area contributed by atoms with E-state index in [-0.39, 0.29) is 23.5 Å². The van der Waals surface area contributed by atoms with Crippen molar-refractivity contribution in [1.29, 1.82) is 0 Å². The van der Waals surface area contributed by atoms with Crippen LogP contribution >= 0.6 is 0 Å². The SMILES string of the molecule is CC1CN(c2nccc(C(=O)O)c2F)CC(C)N1C. The number of likely N-dealkylation sites (N-methyl/N-ethyl adjacent to an activating group) is 1. The van der Waals surface area contributed by atoms with E-state index in [1.54, 1.807) is 0 Å². The second-order valence-electron chi connectivity index (χ2n) is 5.07. The first-order chi connectivity index (χ1) is 8.91. The van der Waals surface area contributed by atoms with E-state index in [0.717, 1.165) is 0 Å². The molecule has 1 fully saturated rings. The lowest BCUT2D eigenvalue weighted by molar-refractivity contribution is 0.0691. The standard InChI is InChI=1S/C13H18FN3O2/c1-8-6-17(7-9(2)16(8)3)12-11(14)10(13(18)19)4-5-15-12/h4-5,8-9H,6-7H2,1-3H3,(H,18,19). The molecule has 1 saturated heterocycles. The lowest BCUT2D eigenvalue weighted by Crippen LogP contribution is -2.55. The zero-order chi connectivity index (χ0) is 14.2. The fourth-order valence-corrected chi connectivity index (χ4v) is 2.40. The van der Waals surface area contributed by atoms with E-state index in [2.05, 4.69) is 23.7 Å². The summed E-state index contributed by atoms with van der Waals surface area (Å²) in [5, 5.41) is 8.94. The predicted octanol–water partition coefficient (Wildman–Crippen LogP) is 1.45. The van der Waals surface area contributed by atoms with Crippen LogP contribution in [0.1, 0.15) is 24.2 Å². The number of carbonyl (C=O) groups is 1. The van der Waals surface area contributed by atoms with Crippen LogP contribution in [0.3, 0.4) is 0 Å². The van der Waals surface area contributed by atoms with E-state index < -0.39 is 11.8 Å². The van der Waals surface area contributed by atoms with Gasteiger partial charge in [0, 0.05) is 31.4 Å². The molecule has 1 aromatic rings. The molecular weight excluding hydrogens is 249 g/mol. The number of carboxylic acids is 1. The van der Waals surface area contributed by atoms with Gasteiger partial charge in [0.15, 0.2) is 11.6 Å². The number of pyridine rings is 1. The van der Waals surface area contributed by atoms with Gasteiger partial charge in [-0.3, -0.25) is 4.90 Å². The number of nitrogens with zero attached hydrogens (tertiary/aromatic N) is 3. The summed E-state index contributed by atoms with van der Waals surface area (Å²) < 4.78 is 14.2. The number of rotatable bonds is 2. The number of piperazine rings is 1. The Bertz CT molecular complexity index is 483. The van der Waals surface area contributed by atoms with Gasteiger partial charge in [0.05, 0.1) is 0 Å². The molecule has 0 amide bonds. The van der Waals surface area contributed by atoms with Gasteiger partial charge in [-0.25, -0.2) is 14.2 Å². The number of aromatic carboxylic acids is 1. The van der Waals surface area contributed by atoms with Crippen molar-refractivity contribution >= 4 is 11.8 Å². The molecule has 0 aliphatic carbocycles. The van der Waals surface area contributed by atoms with Crippen LogP contribution in [0.5, 0.6) is 0 Å². The molecule has 19 heavy (non-hydrogen) atoms. The third-order valence-corrected chi connectivity index (χ3v) is 3.76. The van der Waals surface area contributed by atoms with Gasteiger partial charge in [-0.2, -0.15) is 0 Å². The molecule has 2 unspecified atom stereocenters. The molecular formula is C13H18FN3O2. The highest BCUT2D eigenvalue weighted by molar-refractivity contribution is 5.88. The number of aromatic nitrogens is 1. The third-order valence-electron chi connectivity index (χ3n) is 3.76. The Morgan fingerprint density at radius 3 is 2.53 bits per heavy atom. The minimum atomic E-state index is -1.27. The van der Waals surface area contributed by atoms with E-state index >= 15 is 0 Å². The van der Waals surface area contributed by atoms with Crippen LogP contribution in [0.25, 0.3) is 0 Å². The molecule has 1 aliphatic heterocycles. The van der Waals surface area contributed by atoms with Gasteiger partial charge in [0.25, 0.3) is 0 Å². The summed E-state index contributed by atoms with van der Waals surface area (Å²) in [5.74, 6) is -1.89. The van der Waals surface area contributed by atoms with Gasteiger partial charge in [0.2, 0.25) is 0 Å². The van der Waals surface area contributed by atoms with Crippen molar-refractivity contribution in [2.45, 2.75) is 25.9 Å². The fraction of sp³-hybridized carbons (Fsp3) is 0.538. The van der Waals surface area contributed by atoms with Gasteiger partial charge in [-0.15, -0.1) is 0 Å². The zero-order valence-corrected chi connectivity index (χ0v) is 11.3. The number of halogens is 1. The first kappa shape index (κ1) is 13.7. The van der Waals surface area contributed by atoms with Crippen molar-refractivity contribution in [3.8, 4) is 0 Å². The van der Waals surface area contributed by atoms with Crippen molar-refractivity contribution in [3.63, 3.8) is 0 Å². The molecule has 2 heterocycles. The molecule has 1 aromatic heterocycles. The quantitative estimate of drug-likeness (QED) is 0.879. The predicted molar refractivity (Wildman–Crippen MR) is 70.1 cm³/mol. The van der Waals surface area contributed by atoms with Crippen LogP contribution in [-0.2, 0) is 0 Å². The van der Waals surface area contributed by atoms with E-state index in [4.69, 9.17) is 5.11 Å². The molecule has 2 atom stereocenters. The zero-order valence-electron chi connectivity index (χ0n) is 11.3. The fourth-order valence-electron chi connectivity index (χ4n) is 2.40. The van der Waals surface area contributed by atoms with Crippen LogP contribution in [0, 0.1) is 5.82 Å². The largest absolute Gasteiger partial charge is 0.478 e. The maximum Gasteiger partial charge on any atom is 0.338 e. The normalized spacial score (nSPS) is 24.5. The smallest absolute Gasteiger partial charge is 0.338 e. The minimum absolute atomic E-state index is 0.131. The van der Waals surface area contributed by atoms with Gasteiger partial charge in [0.1, 0.15) is 5.56 Å². The molecule has 0 aromatic carbocycles. The van der Waals surface area contributed by atoms with Crippen LogP contribution < -0.4 is 4.90 Å². The molecule has 0 saturated carbocycles. The Hall–Kier alpha value is -1.69. The van der Waals surface area contributed by atoms with Gasteiger partial charge < -0.3 is 10.0 Å². The van der Waals surface area contributed by atoms with Gasteiger partial charge in [-0.1, -0.05) is 0 Å². The van der Waals surface area contributed by atoms with Crippen LogP contribution in [0.4, 0.5) is 10.2 Å². The van der Waals surface area contributed by atoms with E-state index in [1.165, 1.54) is 12.3 Å². The summed E-state index contributed by atoms with van der Waals surface area (Å²) in [6.07, 6.45) is 1.34. The Labute approximate surface area is 111 Å². The molecule has 0 bridgehead atoms. The highest BCUT2D eigenvalue weighted by Crippen LogP contribution is 2.24. The lowest BCUT2D eigenvalue weighted by atomic mass is 10.1. The summed E-state index contributed by atoms with van der Waals surface area (Å²) in [6, 6.07) is 1.71. The molecule has 1 N–H and O–H groups in total. The average Bonchev–Trinajstić information content (AvgIpc) is 2.35. The molecule has 2 rings (SSSR count). The van der Waals surface area contributed by atoms with Crippen molar-refractivity contribution in [1.82, 2.24) is 9.88 Å². The Balaban J connectivity index is 2.32. The topological polar surface area (TPSA) is 56.7 Å². The second-order valence-corrected chi connectivity index (χ2v) is 5.07. The average molecular weight is 267 g/mol. The molecule has 1 aliphatic rings. The molecule has 6 heteroatoms. The van der Waals surface area contributed by atoms with Gasteiger partial charge in [-0.05, 0) is 27.0 Å². The molecule has 0 radical (unpaired) electrons. The Morgan fingerprint density at radius 1 is 1.42 bits per heavy atom. The third kappa shape index (κ3) is 2.53. The lowest BCUT2D eigenvalue weighted by Gasteiger charge is -2.43. The summed E-state index contributed by atoms with van der Waals surface area (Å²) in [5.41, 5.74) is -0.329. The summed E-state index contributed by atoms with van der Waals surface area (Å²) >= 11 is 0. The number of hydrogen-bond donors (Lipinski definition) is 1. The second kappa shape index (κ2) is 5.13. The summed E-state index contributed by atoms with van der Waals surface area (Å²) in [6.45, 7) is 5.38. The highest BCUT2D eigenvalue weighted by Gasteiger charge is 2.29. The van der Waals surface area contributed by atoms with Crippen molar-refractivity contribution in [2.75, 3.05) is 25.0 Å². The number of anilines is 1. The maximum absolute atomic E-state index is 14.2. The Morgan fingerprint density at radius 2 is 2.00 bits per heavy atom. The minimum Gasteiger partial charge on any atom is -0.478 e.